The smallest absolute Gasteiger partial charge is 0.333 e. The van der Waals surface area contributed by atoms with Crippen LogP contribution in [0.1, 0.15) is 46.0 Å². The molecule has 0 radical (unpaired) electrons. The normalized spacial score (nSPS) is 14.3. The van der Waals surface area contributed by atoms with Gasteiger partial charge in [0, 0.05) is 43.2 Å². The number of hydrogen-bond acceptors (Lipinski definition) is 8. The molecule has 1 N–H and O–H groups in total. The van der Waals surface area contributed by atoms with E-state index in [0.29, 0.717) is 11.6 Å². The Labute approximate surface area is 171 Å². The van der Waals surface area contributed by atoms with Crippen molar-refractivity contribution in [2.75, 3.05) is 6.54 Å². The van der Waals surface area contributed by atoms with Gasteiger partial charge in [0.15, 0.2) is 0 Å². The molecule has 2 heterocycles. The highest BCUT2D eigenvalue weighted by Crippen LogP contribution is 2.39. The predicted molar refractivity (Wildman–Crippen MR) is 106 cm³/mol. The topological polar surface area (TPSA) is 106 Å². The molecular formula is C18H23N3O5S2. The molecule has 0 saturated carbocycles. The molecule has 28 heavy (non-hydrogen) atoms. The summed E-state index contributed by atoms with van der Waals surface area (Å²) in [4.78, 5) is 55.4. The number of carbonyl (C=O) groups is 4. The first kappa shape index (κ1) is 22.2. The van der Waals surface area contributed by atoms with E-state index >= 15 is 0 Å². The third kappa shape index (κ3) is 7.51. The van der Waals surface area contributed by atoms with Crippen LogP contribution in [0.2, 0.25) is 0 Å². The number of aromatic nitrogens is 1. The molecule has 1 saturated heterocycles. The van der Waals surface area contributed by atoms with Crippen molar-refractivity contribution >= 4 is 45.3 Å². The molecule has 0 spiro atoms. The van der Waals surface area contributed by atoms with Gasteiger partial charge in [-0.2, -0.15) is 0 Å². The second-order valence-electron chi connectivity index (χ2n) is 6.77. The fraction of sp³-hybridized carbons (Fsp3) is 0.500. The predicted octanol–water partition coefficient (Wildman–Crippen LogP) is 2.49. The summed E-state index contributed by atoms with van der Waals surface area (Å²) in [6, 6.07) is 5.71. The van der Waals surface area contributed by atoms with E-state index in [2.05, 4.69) is 10.3 Å². The Balaban J connectivity index is 1.61. The lowest BCUT2D eigenvalue weighted by Gasteiger charge is -2.23. The Bertz CT molecular complexity index is 711. The highest BCUT2D eigenvalue weighted by atomic mass is 33.1. The summed E-state index contributed by atoms with van der Waals surface area (Å²) in [7, 11) is 3.17. The monoisotopic (exact) mass is 425 g/mol. The maximum absolute atomic E-state index is 12.0. The number of nitrogens with one attached hydrogen (secondary N) is 1. The summed E-state index contributed by atoms with van der Waals surface area (Å²) in [6.07, 6.45) is 2.24. The Morgan fingerprint density at radius 3 is 2.57 bits per heavy atom. The maximum atomic E-state index is 12.0. The van der Waals surface area contributed by atoms with Crippen LogP contribution in [-0.2, 0) is 24.0 Å². The standard InChI is InChI=1S/C18H23N3O5S2/c1-18(2,28-27-14-7-3-4-11-19-14)12-20-13(22)6-5-8-17(25)26-21-15(23)9-10-16(21)24/h3-4,7,11H,5-6,8-10,12H2,1-2H3,(H,20,22). The van der Waals surface area contributed by atoms with Gasteiger partial charge < -0.3 is 10.2 Å². The van der Waals surface area contributed by atoms with Crippen molar-refractivity contribution in [3.05, 3.63) is 24.4 Å². The van der Waals surface area contributed by atoms with Gasteiger partial charge in [-0.15, -0.1) is 5.06 Å². The highest BCUT2D eigenvalue weighted by molar-refractivity contribution is 8.77. The number of hydrogen-bond donors (Lipinski definition) is 1. The lowest BCUT2D eigenvalue weighted by atomic mass is 10.2. The second kappa shape index (κ2) is 10.5. The van der Waals surface area contributed by atoms with Crippen molar-refractivity contribution in [3.8, 4) is 0 Å². The number of hydroxylamine groups is 2. The molecule has 1 aromatic rings. The summed E-state index contributed by atoms with van der Waals surface area (Å²) in [6.45, 7) is 4.52. The highest BCUT2D eigenvalue weighted by Gasteiger charge is 2.32. The van der Waals surface area contributed by atoms with Crippen LogP contribution in [0.15, 0.2) is 29.4 Å². The summed E-state index contributed by atoms with van der Waals surface area (Å²) >= 11 is 0. The number of carbonyl (C=O) groups excluding carboxylic acids is 4. The van der Waals surface area contributed by atoms with Crippen LogP contribution in [0.5, 0.6) is 0 Å². The fourth-order valence-electron chi connectivity index (χ4n) is 2.18. The molecule has 152 valence electrons. The van der Waals surface area contributed by atoms with Crippen LogP contribution in [0.3, 0.4) is 0 Å². The van der Waals surface area contributed by atoms with E-state index in [-0.39, 0.29) is 42.8 Å². The summed E-state index contributed by atoms with van der Waals surface area (Å²) in [5.41, 5.74) is 0. The average molecular weight is 426 g/mol. The number of imide groups is 1. The maximum Gasteiger partial charge on any atom is 0.333 e. The first-order valence-corrected chi connectivity index (χ1v) is 11.0. The van der Waals surface area contributed by atoms with Crippen molar-refractivity contribution in [2.45, 2.75) is 55.7 Å². The average Bonchev–Trinajstić information content (AvgIpc) is 2.98. The van der Waals surface area contributed by atoms with Crippen LogP contribution < -0.4 is 5.32 Å². The van der Waals surface area contributed by atoms with Gasteiger partial charge >= 0.3 is 5.97 Å². The third-order valence-corrected chi connectivity index (χ3v) is 6.89. The Morgan fingerprint density at radius 1 is 1.21 bits per heavy atom. The van der Waals surface area contributed by atoms with Gasteiger partial charge in [-0.25, -0.2) is 9.78 Å². The summed E-state index contributed by atoms with van der Waals surface area (Å²) < 4.78 is -0.201. The first-order valence-electron chi connectivity index (χ1n) is 8.87. The number of amides is 3. The number of pyridine rings is 1. The quantitative estimate of drug-likeness (QED) is 0.450. The van der Waals surface area contributed by atoms with Crippen LogP contribution in [-0.4, -0.2) is 45.0 Å². The van der Waals surface area contributed by atoms with Crippen molar-refractivity contribution in [1.29, 1.82) is 0 Å². The fourth-order valence-corrected chi connectivity index (χ4v) is 4.27. The lowest BCUT2D eigenvalue weighted by Crippen LogP contribution is -2.36. The molecule has 1 fully saturated rings. The van der Waals surface area contributed by atoms with Crippen molar-refractivity contribution in [2.24, 2.45) is 0 Å². The zero-order valence-electron chi connectivity index (χ0n) is 15.8. The van der Waals surface area contributed by atoms with Gasteiger partial charge in [-0.05, 0) is 43.2 Å². The summed E-state index contributed by atoms with van der Waals surface area (Å²) in [5.74, 6) is -1.89. The van der Waals surface area contributed by atoms with Gasteiger partial charge in [0.2, 0.25) is 5.91 Å². The van der Waals surface area contributed by atoms with Gasteiger partial charge in [-0.1, -0.05) is 16.9 Å². The SMILES string of the molecule is CC(C)(CNC(=O)CCCC(=O)ON1C(=O)CCC1=O)SSc1ccccn1. The van der Waals surface area contributed by atoms with E-state index < -0.39 is 17.8 Å². The molecular weight excluding hydrogens is 402 g/mol. The van der Waals surface area contributed by atoms with Crippen LogP contribution in [0.25, 0.3) is 0 Å². The minimum Gasteiger partial charge on any atom is -0.355 e. The van der Waals surface area contributed by atoms with Crippen molar-refractivity contribution in [1.82, 2.24) is 15.4 Å². The van der Waals surface area contributed by atoms with Gasteiger partial charge in [0.05, 0.1) is 0 Å². The molecule has 1 aliphatic rings. The molecule has 0 bridgehead atoms. The molecule has 2 rings (SSSR count). The zero-order valence-corrected chi connectivity index (χ0v) is 17.4. The number of rotatable bonds is 10. The van der Waals surface area contributed by atoms with Gasteiger partial charge in [0.1, 0.15) is 5.03 Å². The Morgan fingerprint density at radius 2 is 1.93 bits per heavy atom. The van der Waals surface area contributed by atoms with Crippen LogP contribution in [0.4, 0.5) is 0 Å². The van der Waals surface area contributed by atoms with Crippen molar-refractivity contribution < 1.29 is 24.0 Å². The molecule has 0 atom stereocenters. The van der Waals surface area contributed by atoms with Crippen LogP contribution >= 0.6 is 21.6 Å². The van der Waals surface area contributed by atoms with E-state index in [1.54, 1.807) is 27.8 Å². The molecule has 1 aliphatic heterocycles. The molecule has 0 aromatic carbocycles. The van der Waals surface area contributed by atoms with E-state index in [0.717, 1.165) is 5.03 Å². The van der Waals surface area contributed by atoms with E-state index in [1.165, 1.54) is 0 Å². The van der Waals surface area contributed by atoms with Crippen molar-refractivity contribution in [3.63, 3.8) is 0 Å². The first-order chi connectivity index (χ1) is 13.3. The molecule has 0 unspecified atom stereocenters. The molecule has 1 aromatic heterocycles. The summed E-state index contributed by atoms with van der Waals surface area (Å²) in [5, 5.41) is 4.27. The third-order valence-electron chi connectivity index (χ3n) is 3.69. The second-order valence-corrected chi connectivity index (χ2v) is 9.63. The Hall–Kier alpha value is -2.07. The molecule has 0 aliphatic carbocycles. The minimum absolute atomic E-state index is 0.0435. The zero-order chi connectivity index (χ0) is 20.6. The van der Waals surface area contributed by atoms with Gasteiger partial charge in [0.25, 0.3) is 11.8 Å². The largest absolute Gasteiger partial charge is 0.355 e. The van der Waals surface area contributed by atoms with Gasteiger partial charge in [-0.3, -0.25) is 14.4 Å². The number of nitrogens with zero attached hydrogens (tertiary/aromatic N) is 2. The van der Waals surface area contributed by atoms with E-state index in [1.807, 2.05) is 32.0 Å². The minimum atomic E-state index is -0.695. The molecule has 3 amide bonds. The van der Waals surface area contributed by atoms with E-state index in [4.69, 9.17) is 4.84 Å². The molecule has 8 nitrogen and oxygen atoms in total. The van der Waals surface area contributed by atoms with Crippen LogP contribution in [0, 0.1) is 0 Å². The Kier molecular flexibility index (Phi) is 8.31. The molecule has 10 heteroatoms. The van der Waals surface area contributed by atoms with E-state index in [9.17, 15) is 19.2 Å². The lowest BCUT2D eigenvalue weighted by molar-refractivity contribution is -0.197.